The average molecular weight is 508 g/mol. The van der Waals surface area contributed by atoms with Crippen LogP contribution in [0.25, 0.3) is 0 Å². The smallest absolute Gasteiger partial charge is 0.244 e. The fourth-order valence-electron chi connectivity index (χ4n) is 3.94. The number of carbonyl (C=O) groups is 2. The maximum Gasteiger partial charge on any atom is 0.244 e. The molecule has 0 saturated carbocycles. The minimum atomic E-state index is -3.76. The lowest BCUT2D eigenvalue weighted by Crippen LogP contribution is -2.52. The summed E-state index contributed by atoms with van der Waals surface area (Å²) >= 11 is 0. The van der Waals surface area contributed by atoms with Crippen molar-refractivity contribution in [3.8, 4) is 0 Å². The van der Waals surface area contributed by atoms with Crippen molar-refractivity contribution in [1.29, 1.82) is 0 Å². The maximum atomic E-state index is 13.8. The Balaban J connectivity index is 2.00. The van der Waals surface area contributed by atoms with Crippen molar-refractivity contribution in [3.63, 3.8) is 0 Å². The first kappa shape index (κ1) is 26.9. The Labute approximate surface area is 213 Å². The van der Waals surface area contributed by atoms with Gasteiger partial charge in [-0.05, 0) is 37.1 Å². The van der Waals surface area contributed by atoms with E-state index in [9.17, 15) is 18.0 Å². The summed E-state index contributed by atoms with van der Waals surface area (Å²) in [6.07, 6.45) is 1.37. The predicted octanol–water partition coefficient (Wildman–Crippen LogP) is 3.46. The number of hydrogen-bond donors (Lipinski definition) is 1. The van der Waals surface area contributed by atoms with Crippen molar-refractivity contribution < 1.29 is 18.0 Å². The van der Waals surface area contributed by atoms with E-state index in [1.807, 2.05) is 68.4 Å². The van der Waals surface area contributed by atoms with E-state index >= 15 is 0 Å². The number of sulfonamides is 1. The molecule has 3 aromatic rings. The molecule has 1 N–H and O–H groups in total. The van der Waals surface area contributed by atoms with E-state index in [4.69, 9.17) is 0 Å². The number of hydrogen-bond acceptors (Lipinski definition) is 4. The molecule has 36 heavy (non-hydrogen) atoms. The van der Waals surface area contributed by atoms with Gasteiger partial charge in [-0.2, -0.15) is 0 Å². The zero-order valence-corrected chi connectivity index (χ0v) is 22.0. The molecule has 7 nitrogen and oxygen atoms in total. The van der Waals surface area contributed by atoms with Crippen LogP contribution in [0.3, 0.4) is 0 Å². The highest BCUT2D eigenvalue weighted by atomic mass is 32.2. The largest absolute Gasteiger partial charge is 0.357 e. The number of amides is 2. The zero-order chi connectivity index (χ0) is 26.3. The van der Waals surface area contributed by atoms with E-state index in [2.05, 4.69) is 5.32 Å². The van der Waals surface area contributed by atoms with Gasteiger partial charge in [0.2, 0.25) is 21.8 Å². The van der Waals surface area contributed by atoms with Crippen molar-refractivity contribution in [2.24, 2.45) is 0 Å². The fraction of sp³-hybridized carbons (Fsp3) is 0.286. The molecule has 3 aromatic carbocycles. The van der Waals surface area contributed by atoms with Crippen molar-refractivity contribution >= 4 is 27.5 Å². The first-order valence-corrected chi connectivity index (χ1v) is 13.6. The van der Waals surface area contributed by atoms with Gasteiger partial charge in [-0.25, -0.2) is 8.42 Å². The molecule has 0 aliphatic carbocycles. The Kier molecular flexibility index (Phi) is 8.88. The van der Waals surface area contributed by atoms with Crippen molar-refractivity contribution in [2.75, 3.05) is 24.2 Å². The lowest BCUT2D eigenvalue weighted by atomic mass is 10.0. The molecule has 190 valence electrons. The first-order chi connectivity index (χ1) is 17.1. The van der Waals surface area contributed by atoms with Gasteiger partial charge in [-0.3, -0.25) is 13.9 Å². The Morgan fingerprint density at radius 3 is 1.92 bits per heavy atom. The molecule has 2 amide bonds. The molecule has 0 saturated heterocycles. The van der Waals surface area contributed by atoms with Crippen molar-refractivity contribution in [3.05, 3.63) is 101 Å². The number of carbonyl (C=O) groups excluding carboxylic acids is 2. The SMILES string of the molecule is CNC(=O)[C@H](Cc1ccccc1)N(Cc1ccc(C)cc1)C(=O)CN(c1ccc(C)cc1)S(C)(=O)=O. The van der Waals surface area contributed by atoms with Crippen molar-refractivity contribution in [1.82, 2.24) is 10.2 Å². The van der Waals surface area contributed by atoms with Crippen LogP contribution >= 0.6 is 0 Å². The molecule has 3 rings (SSSR count). The molecule has 0 fully saturated rings. The Hall–Kier alpha value is -3.65. The highest BCUT2D eigenvalue weighted by Crippen LogP contribution is 2.21. The van der Waals surface area contributed by atoms with Crippen molar-refractivity contribution in [2.45, 2.75) is 32.9 Å². The summed E-state index contributed by atoms with van der Waals surface area (Å²) in [6, 6.07) is 23.3. The van der Waals surface area contributed by atoms with E-state index < -0.39 is 28.5 Å². The second-order valence-corrected chi connectivity index (χ2v) is 10.8. The third kappa shape index (κ3) is 7.18. The van der Waals surface area contributed by atoms with E-state index in [0.29, 0.717) is 12.1 Å². The van der Waals surface area contributed by atoms with Crippen LogP contribution in [-0.2, 0) is 32.6 Å². The molecule has 0 aromatic heterocycles. The lowest BCUT2D eigenvalue weighted by Gasteiger charge is -2.33. The molecular formula is C28H33N3O4S. The van der Waals surface area contributed by atoms with Gasteiger partial charge >= 0.3 is 0 Å². The van der Waals surface area contributed by atoms with Crippen LogP contribution in [0.5, 0.6) is 0 Å². The minimum Gasteiger partial charge on any atom is -0.357 e. The van der Waals surface area contributed by atoms with Gasteiger partial charge in [-0.1, -0.05) is 77.9 Å². The standard InChI is InChI=1S/C28H33N3O4S/c1-21-10-14-24(15-11-21)19-30(26(28(33)29-3)18-23-8-6-5-7-9-23)27(32)20-31(36(4,34)35)25-16-12-22(2)13-17-25/h5-17,26H,18-20H2,1-4H3,(H,29,33)/t26-/m0/s1. The van der Waals surface area contributed by atoms with Gasteiger partial charge in [0.15, 0.2) is 0 Å². The Morgan fingerprint density at radius 1 is 0.833 bits per heavy atom. The normalized spacial score (nSPS) is 12.0. The highest BCUT2D eigenvalue weighted by Gasteiger charge is 2.32. The molecule has 1 atom stereocenters. The van der Waals surface area contributed by atoms with Gasteiger partial charge in [0.05, 0.1) is 11.9 Å². The topological polar surface area (TPSA) is 86.8 Å². The molecule has 0 unspecified atom stereocenters. The summed E-state index contributed by atoms with van der Waals surface area (Å²) < 4.78 is 26.5. The molecular weight excluding hydrogens is 474 g/mol. The zero-order valence-electron chi connectivity index (χ0n) is 21.1. The number of benzene rings is 3. The molecule has 0 bridgehead atoms. The average Bonchev–Trinajstić information content (AvgIpc) is 2.86. The summed E-state index contributed by atoms with van der Waals surface area (Å²) in [6.45, 7) is 3.62. The third-order valence-electron chi connectivity index (χ3n) is 5.99. The van der Waals surface area contributed by atoms with E-state index in [1.165, 1.54) is 11.9 Å². The second-order valence-electron chi connectivity index (χ2n) is 8.93. The quantitative estimate of drug-likeness (QED) is 0.455. The molecule has 0 radical (unpaired) electrons. The van der Waals surface area contributed by atoms with Crippen LogP contribution in [0.2, 0.25) is 0 Å². The Bertz CT molecular complexity index is 1270. The summed E-state index contributed by atoms with van der Waals surface area (Å²) in [4.78, 5) is 28.3. The second kappa shape index (κ2) is 11.9. The number of anilines is 1. The summed E-state index contributed by atoms with van der Waals surface area (Å²) in [7, 11) is -2.23. The highest BCUT2D eigenvalue weighted by molar-refractivity contribution is 7.92. The van der Waals surface area contributed by atoms with Crippen LogP contribution in [0.1, 0.15) is 22.3 Å². The Morgan fingerprint density at radius 2 is 1.39 bits per heavy atom. The fourth-order valence-corrected chi connectivity index (χ4v) is 4.79. The first-order valence-electron chi connectivity index (χ1n) is 11.7. The van der Waals surface area contributed by atoms with Gasteiger partial charge < -0.3 is 10.2 Å². The molecule has 0 aliphatic rings. The number of aryl methyl sites for hydroxylation is 2. The van der Waals surface area contributed by atoms with Crippen LogP contribution in [0.15, 0.2) is 78.9 Å². The molecule has 0 spiro atoms. The van der Waals surface area contributed by atoms with Crippen LogP contribution in [0.4, 0.5) is 5.69 Å². The number of nitrogens with one attached hydrogen (secondary N) is 1. The van der Waals surface area contributed by atoms with Crippen LogP contribution < -0.4 is 9.62 Å². The summed E-state index contributed by atoms with van der Waals surface area (Å²) in [5.74, 6) is -0.785. The number of rotatable bonds is 10. The number of likely N-dealkylation sites (N-methyl/N-ethyl adjacent to an activating group) is 1. The molecule has 8 heteroatoms. The van der Waals surface area contributed by atoms with Crippen LogP contribution in [0, 0.1) is 13.8 Å². The van der Waals surface area contributed by atoms with Gasteiger partial charge in [-0.15, -0.1) is 0 Å². The monoisotopic (exact) mass is 507 g/mol. The summed E-state index contributed by atoms with van der Waals surface area (Å²) in [5.41, 5.74) is 4.18. The maximum absolute atomic E-state index is 13.8. The molecule has 0 aliphatic heterocycles. The van der Waals surface area contributed by atoms with Crippen LogP contribution in [-0.4, -0.2) is 51.0 Å². The molecule has 0 heterocycles. The van der Waals surface area contributed by atoms with Gasteiger partial charge in [0, 0.05) is 20.0 Å². The lowest BCUT2D eigenvalue weighted by molar-refractivity contribution is -0.139. The van der Waals surface area contributed by atoms with Gasteiger partial charge in [0.25, 0.3) is 0 Å². The van der Waals surface area contributed by atoms with E-state index in [-0.39, 0.29) is 12.5 Å². The van der Waals surface area contributed by atoms with E-state index in [1.54, 1.807) is 24.3 Å². The van der Waals surface area contributed by atoms with E-state index in [0.717, 1.165) is 32.8 Å². The summed E-state index contributed by atoms with van der Waals surface area (Å²) in [5, 5.41) is 2.67. The minimum absolute atomic E-state index is 0.162. The predicted molar refractivity (Wildman–Crippen MR) is 143 cm³/mol. The number of nitrogens with zero attached hydrogens (tertiary/aromatic N) is 2. The van der Waals surface area contributed by atoms with Gasteiger partial charge in [0.1, 0.15) is 12.6 Å². The third-order valence-corrected chi connectivity index (χ3v) is 7.13.